The van der Waals surface area contributed by atoms with Crippen LogP contribution in [0.15, 0.2) is 4.79 Å². The Kier molecular flexibility index (Phi) is 2.10. The van der Waals surface area contributed by atoms with Crippen molar-refractivity contribution < 1.29 is 9.84 Å². The molecule has 1 aliphatic rings. The first-order valence-electron chi connectivity index (χ1n) is 4.36. The van der Waals surface area contributed by atoms with Gasteiger partial charge < -0.3 is 14.8 Å². The van der Waals surface area contributed by atoms with Gasteiger partial charge in [-0.2, -0.15) is 0 Å². The van der Waals surface area contributed by atoms with Gasteiger partial charge in [-0.1, -0.05) is 0 Å². The second-order valence-electron chi connectivity index (χ2n) is 3.23. The van der Waals surface area contributed by atoms with Crippen LogP contribution in [0.1, 0.15) is 24.5 Å². The van der Waals surface area contributed by atoms with Crippen LogP contribution in [0.2, 0.25) is 0 Å². The Morgan fingerprint density at radius 3 is 2.54 bits per heavy atom. The van der Waals surface area contributed by atoms with Crippen molar-refractivity contribution in [1.29, 1.82) is 0 Å². The van der Waals surface area contributed by atoms with Gasteiger partial charge in [0, 0.05) is 19.1 Å². The van der Waals surface area contributed by atoms with Gasteiger partial charge >= 0.3 is 5.69 Å². The van der Waals surface area contributed by atoms with Gasteiger partial charge in [0.25, 0.3) is 0 Å². The fourth-order valence-electron chi connectivity index (χ4n) is 1.67. The van der Waals surface area contributed by atoms with Gasteiger partial charge in [0.05, 0.1) is 5.69 Å². The lowest BCUT2D eigenvalue weighted by atomic mass is 9.97. The van der Waals surface area contributed by atoms with Gasteiger partial charge in [-0.25, -0.2) is 4.79 Å². The van der Waals surface area contributed by atoms with Crippen molar-refractivity contribution in [1.82, 2.24) is 9.97 Å². The normalized spacial score (nSPS) is 19.1. The van der Waals surface area contributed by atoms with E-state index in [0.717, 1.165) is 12.8 Å². The van der Waals surface area contributed by atoms with Crippen LogP contribution in [0.5, 0.6) is 5.88 Å². The number of aromatic nitrogens is 2. The van der Waals surface area contributed by atoms with E-state index in [9.17, 15) is 9.90 Å². The third-order valence-corrected chi connectivity index (χ3v) is 2.36. The topological polar surface area (TPSA) is 78.1 Å². The SMILES string of the molecule is O=c1[nH]c(O)c(C2CCOCC2)[nH]1. The van der Waals surface area contributed by atoms with Crippen molar-refractivity contribution in [2.24, 2.45) is 0 Å². The monoisotopic (exact) mass is 184 g/mol. The summed E-state index contributed by atoms with van der Waals surface area (Å²) >= 11 is 0. The maximum absolute atomic E-state index is 10.9. The smallest absolute Gasteiger partial charge is 0.325 e. The standard InChI is InChI=1S/C8H12N2O3/c11-7-6(9-8(12)10-7)5-1-3-13-4-2-5/h5,11H,1-4H2,(H2,9,10,12). The molecule has 1 fully saturated rings. The minimum atomic E-state index is -0.348. The first-order chi connectivity index (χ1) is 6.27. The van der Waals surface area contributed by atoms with Crippen LogP contribution < -0.4 is 5.69 Å². The first-order valence-corrected chi connectivity index (χ1v) is 4.36. The van der Waals surface area contributed by atoms with Crippen molar-refractivity contribution in [2.75, 3.05) is 13.2 Å². The molecule has 0 spiro atoms. The van der Waals surface area contributed by atoms with Gasteiger partial charge in [0.1, 0.15) is 0 Å². The van der Waals surface area contributed by atoms with Gasteiger partial charge in [0.15, 0.2) is 0 Å². The molecule has 0 unspecified atom stereocenters. The summed E-state index contributed by atoms with van der Waals surface area (Å²) < 4.78 is 5.18. The fraction of sp³-hybridized carbons (Fsp3) is 0.625. The van der Waals surface area contributed by atoms with Crippen molar-refractivity contribution >= 4 is 0 Å². The average molecular weight is 184 g/mol. The summed E-state index contributed by atoms with van der Waals surface area (Å²) in [7, 11) is 0. The molecule has 0 atom stereocenters. The molecule has 0 bridgehead atoms. The van der Waals surface area contributed by atoms with Gasteiger partial charge in [-0.15, -0.1) is 0 Å². The first kappa shape index (κ1) is 8.37. The van der Waals surface area contributed by atoms with Crippen molar-refractivity contribution in [3.63, 3.8) is 0 Å². The Bertz CT molecular complexity index is 335. The highest BCUT2D eigenvalue weighted by atomic mass is 16.5. The molecule has 3 N–H and O–H groups in total. The van der Waals surface area contributed by atoms with E-state index in [0.29, 0.717) is 18.9 Å². The van der Waals surface area contributed by atoms with Gasteiger partial charge in [-0.3, -0.25) is 4.98 Å². The average Bonchev–Trinajstić information content (AvgIpc) is 2.47. The van der Waals surface area contributed by atoms with Gasteiger partial charge in [-0.05, 0) is 12.8 Å². The summed E-state index contributed by atoms with van der Waals surface area (Å²) in [6, 6.07) is 0. The number of nitrogens with one attached hydrogen (secondary N) is 2. The molecule has 0 radical (unpaired) electrons. The van der Waals surface area contributed by atoms with Crippen LogP contribution in [0.3, 0.4) is 0 Å². The zero-order valence-corrected chi connectivity index (χ0v) is 7.17. The Morgan fingerprint density at radius 1 is 1.31 bits per heavy atom. The number of aromatic amines is 2. The second kappa shape index (κ2) is 3.26. The number of imidazole rings is 1. The van der Waals surface area contributed by atoms with Crippen LogP contribution in [0.4, 0.5) is 0 Å². The zero-order chi connectivity index (χ0) is 9.26. The maximum Gasteiger partial charge on any atom is 0.325 e. The maximum atomic E-state index is 10.9. The van der Waals surface area contributed by atoms with E-state index in [4.69, 9.17) is 4.74 Å². The highest BCUT2D eigenvalue weighted by Crippen LogP contribution is 2.28. The van der Waals surface area contributed by atoms with E-state index in [-0.39, 0.29) is 17.5 Å². The largest absolute Gasteiger partial charge is 0.493 e. The lowest BCUT2D eigenvalue weighted by molar-refractivity contribution is 0.0840. The molecular formula is C8H12N2O3. The molecule has 1 saturated heterocycles. The Labute approximate surface area is 74.7 Å². The summed E-state index contributed by atoms with van der Waals surface area (Å²) in [5.41, 5.74) is 0.271. The van der Waals surface area contributed by atoms with Crippen molar-refractivity contribution in [3.05, 3.63) is 16.2 Å². The minimum Gasteiger partial charge on any atom is -0.493 e. The van der Waals surface area contributed by atoms with Crippen molar-refractivity contribution in [3.8, 4) is 5.88 Å². The van der Waals surface area contributed by atoms with E-state index in [1.54, 1.807) is 0 Å². The predicted octanol–water partition coefficient (Wildman–Crippen LogP) is 0.303. The predicted molar refractivity (Wildman–Crippen MR) is 45.9 cm³/mol. The molecule has 13 heavy (non-hydrogen) atoms. The number of ether oxygens (including phenoxy) is 1. The Hall–Kier alpha value is -1.23. The number of aromatic hydroxyl groups is 1. The van der Waals surface area contributed by atoms with Crippen LogP contribution in [0, 0.1) is 0 Å². The molecule has 1 aromatic rings. The Morgan fingerprint density at radius 2 is 2.00 bits per heavy atom. The molecule has 1 aromatic heterocycles. The molecular weight excluding hydrogens is 172 g/mol. The summed E-state index contributed by atoms with van der Waals surface area (Å²) in [6.07, 6.45) is 1.70. The third kappa shape index (κ3) is 1.60. The zero-order valence-electron chi connectivity index (χ0n) is 7.17. The quantitative estimate of drug-likeness (QED) is 0.587. The molecule has 5 nitrogen and oxygen atoms in total. The number of rotatable bonds is 1. The summed E-state index contributed by atoms with van der Waals surface area (Å²) in [5.74, 6) is 0.185. The van der Waals surface area contributed by atoms with Crippen LogP contribution in [-0.4, -0.2) is 28.3 Å². The summed E-state index contributed by atoms with van der Waals surface area (Å²) in [4.78, 5) is 15.8. The lowest BCUT2D eigenvalue weighted by Gasteiger charge is -2.20. The summed E-state index contributed by atoms with van der Waals surface area (Å²) in [5, 5.41) is 9.36. The van der Waals surface area contributed by atoms with Crippen LogP contribution in [-0.2, 0) is 4.74 Å². The molecule has 0 aromatic carbocycles. The molecule has 0 aliphatic carbocycles. The molecule has 0 amide bonds. The molecule has 1 aliphatic heterocycles. The lowest BCUT2D eigenvalue weighted by Crippen LogP contribution is -2.15. The van der Waals surface area contributed by atoms with E-state index in [1.807, 2.05) is 0 Å². The van der Waals surface area contributed by atoms with Crippen LogP contribution >= 0.6 is 0 Å². The minimum absolute atomic E-state index is 0.0306. The third-order valence-electron chi connectivity index (χ3n) is 2.36. The van der Waals surface area contributed by atoms with E-state index >= 15 is 0 Å². The van der Waals surface area contributed by atoms with E-state index < -0.39 is 0 Å². The number of H-pyrrole nitrogens is 2. The molecule has 5 heteroatoms. The molecule has 0 saturated carbocycles. The summed E-state index contributed by atoms with van der Waals surface area (Å²) in [6.45, 7) is 1.38. The fourth-order valence-corrected chi connectivity index (χ4v) is 1.67. The molecule has 2 rings (SSSR count). The molecule has 72 valence electrons. The van der Waals surface area contributed by atoms with Crippen LogP contribution in [0.25, 0.3) is 0 Å². The highest BCUT2D eigenvalue weighted by molar-refractivity contribution is 5.20. The van der Waals surface area contributed by atoms with Gasteiger partial charge in [0.2, 0.25) is 5.88 Å². The number of hydrogen-bond acceptors (Lipinski definition) is 3. The second-order valence-corrected chi connectivity index (χ2v) is 3.23. The van der Waals surface area contributed by atoms with Crippen molar-refractivity contribution in [2.45, 2.75) is 18.8 Å². The Balaban J connectivity index is 2.23. The highest BCUT2D eigenvalue weighted by Gasteiger charge is 2.20. The van der Waals surface area contributed by atoms with E-state index in [1.165, 1.54) is 0 Å². The number of hydrogen-bond donors (Lipinski definition) is 3. The molecule has 2 heterocycles. The van der Waals surface area contributed by atoms with E-state index in [2.05, 4.69) is 9.97 Å².